The average Bonchev–Trinajstić information content (AvgIpc) is 2.98. The van der Waals surface area contributed by atoms with Gasteiger partial charge in [-0.2, -0.15) is 0 Å². The Bertz CT molecular complexity index is 651. The van der Waals surface area contributed by atoms with Crippen molar-refractivity contribution in [1.82, 2.24) is 0 Å². The SMILES string of the molecule is CC(C)(C)C1=CC(c2cccc(C3=CC=CCC3)c2)N=C1. The molecule has 0 N–H and O–H groups in total. The van der Waals surface area contributed by atoms with Crippen LogP contribution in [0.25, 0.3) is 5.57 Å². The van der Waals surface area contributed by atoms with Gasteiger partial charge in [-0.05, 0) is 46.6 Å². The van der Waals surface area contributed by atoms with E-state index in [0.717, 1.165) is 12.8 Å². The third kappa shape index (κ3) is 3.07. The first-order valence-corrected chi connectivity index (χ1v) is 7.75. The summed E-state index contributed by atoms with van der Waals surface area (Å²) in [5.41, 5.74) is 5.56. The first-order chi connectivity index (χ1) is 10.0. The van der Waals surface area contributed by atoms with E-state index in [1.807, 2.05) is 6.21 Å². The Balaban J connectivity index is 1.88. The molecule has 2 aliphatic rings. The summed E-state index contributed by atoms with van der Waals surface area (Å²) in [6.45, 7) is 6.72. The molecule has 1 atom stereocenters. The molecular weight excluding hydrogens is 254 g/mol. The smallest absolute Gasteiger partial charge is 0.0937 e. The highest BCUT2D eigenvalue weighted by Crippen LogP contribution is 2.34. The summed E-state index contributed by atoms with van der Waals surface area (Å²) >= 11 is 0. The standard InChI is InChI=1S/C20H23N/c1-20(2,3)18-13-19(21-14-18)17-11-7-10-16(12-17)15-8-5-4-6-9-15/h4-5,7-8,10-14,19H,6,9H2,1-3H3. The van der Waals surface area contributed by atoms with Gasteiger partial charge in [0.05, 0.1) is 6.04 Å². The van der Waals surface area contributed by atoms with Gasteiger partial charge in [-0.25, -0.2) is 0 Å². The molecule has 108 valence electrons. The lowest BCUT2D eigenvalue weighted by atomic mass is 9.86. The zero-order chi connectivity index (χ0) is 14.9. The van der Waals surface area contributed by atoms with Crippen LogP contribution in [0.2, 0.25) is 0 Å². The van der Waals surface area contributed by atoms with E-state index < -0.39 is 0 Å². The number of nitrogens with zero attached hydrogens (tertiary/aromatic N) is 1. The van der Waals surface area contributed by atoms with Gasteiger partial charge in [0.15, 0.2) is 0 Å². The van der Waals surface area contributed by atoms with Crippen molar-refractivity contribution in [2.75, 3.05) is 0 Å². The molecule has 1 aromatic rings. The summed E-state index contributed by atoms with van der Waals surface area (Å²) in [6, 6.07) is 9.03. The highest BCUT2D eigenvalue weighted by atomic mass is 14.8. The molecule has 0 amide bonds. The Morgan fingerprint density at radius 1 is 1.19 bits per heavy atom. The van der Waals surface area contributed by atoms with Gasteiger partial charge in [-0.1, -0.05) is 63.3 Å². The van der Waals surface area contributed by atoms with E-state index in [-0.39, 0.29) is 11.5 Å². The molecule has 1 heterocycles. The van der Waals surface area contributed by atoms with E-state index in [0.29, 0.717) is 0 Å². The molecule has 1 aromatic carbocycles. The van der Waals surface area contributed by atoms with Gasteiger partial charge in [0.25, 0.3) is 0 Å². The third-order valence-electron chi connectivity index (χ3n) is 4.19. The van der Waals surface area contributed by atoms with Crippen LogP contribution < -0.4 is 0 Å². The van der Waals surface area contributed by atoms with Crippen LogP contribution in [0.15, 0.2) is 59.1 Å². The molecule has 0 aromatic heterocycles. The summed E-state index contributed by atoms with van der Waals surface area (Å²) in [5, 5.41) is 0. The zero-order valence-electron chi connectivity index (χ0n) is 13.1. The van der Waals surface area contributed by atoms with Crippen LogP contribution in [0.1, 0.15) is 50.8 Å². The normalized spacial score (nSPS) is 21.4. The van der Waals surface area contributed by atoms with E-state index >= 15 is 0 Å². The maximum atomic E-state index is 4.69. The van der Waals surface area contributed by atoms with Crippen molar-refractivity contribution in [3.8, 4) is 0 Å². The van der Waals surface area contributed by atoms with Gasteiger partial charge in [-0.15, -0.1) is 0 Å². The quantitative estimate of drug-likeness (QED) is 0.675. The van der Waals surface area contributed by atoms with Crippen LogP contribution in [0, 0.1) is 5.41 Å². The Hall–Kier alpha value is -1.89. The number of benzene rings is 1. The first-order valence-electron chi connectivity index (χ1n) is 7.75. The van der Waals surface area contributed by atoms with Crippen molar-refractivity contribution in [1.29, 1.82) is 0 Å². The molecule has 1 nitrogen and oxygen atoms in total. The average molecular weight is 277 g/mol. The monoisotopic (exact) mass is 277 g/mol. The zero-order valence-corrected chi connectivity index (χ0v) is 13.1. The Morgan fingerprint density at radius 3 is 2.71 bits per heavy atom. The van der Waals surface area contributed by atoms with Gasteiger partial charge in [0, 0.05) is 6.21 Å². The summed E-state index contributed by atoms with van der Waals surface area (Å²) in [6.07, 6.45) is 13.2. The van der Waals surface area contributed by atoms with Crippen LogP contribution in [-0.4, -0.2) is 6.21 Å². The minimum atomic E-state index is 0.173. The van der Waals surface area contributed by atoms with Crippen molar-refractivity contribution in [2.45, 2.75) is 39.7 Å². The molecule has 0 saturated heterocycles. The van der Waals surface area contributed by atoms with E-state index in [2.05, 4.69) is 74.3 Å². The first kappa shape index (κ1) is 14.1. The highest BCUT2D eigenvalue weighted by molar-refractivity contribution is 5.83. The van der Waals surface area contributed by atoms with Gasteiger partial charge in [0.2, 0.25) is 0 Å². The summed E-state index contributed by atoms with van der Waals surface area (Å²) in [4.78, 5) is 4.69. The molecule has 21 heavy (non-hydrogen) atoms. The molecular formula is C20H23N. The molecule has 0 bridgehead atoms. The largest absolute Gasteiger partial charge is 0.281 e. The van der Waals surface area contributed by atoms with Crippen molar-refractivity contribution >= 4 is 11.8 Å². The van der Waals surface area contributed by atoms with Gasteiger partial charge >= 0.3 is 0 Å². The second kappa shape index (κ2) is 5.48. The maximum absolute atomic E-state index is 4.69. The predicted molar refractivity (Wildman–Crippen MR) is 91.6 cm³/mol. The van der Waals surface area contributed by atoms with Crippen LogP contribution in [0.5, 0.6) is 0 Å². The lowest BCUT2D eigenvalue weighted by molar-refractivity contribution is 0.526. The van der Waals surface area contributed by atoms with E-state index in [1.54, 1.807) is 0 Å². The molecule has 0 radical (unpaired) electrons. The lowest BCUT2D eigenvalue weighted by Gasteiger charge is -2.17. The van der Waals surface area contributed by atoms with Crippen molar-refractivity contribution in [2.24, 2.45) is 10.4 Å². The summed E-state index contributed by atoms with van der Waals surface area (Å²) < 4.78 is 0. The molecule has 0 spiro atoms. The summed E-state index contributed by atoms with van der Waals surface area (Å²) in [7, 11) is 0. The van der Waals surface area contributed by atoms with Gasteiger partial charge in [0.1, 0.15) is 0 Å². The fraction of sp³-hybridized carbons (Fsp3) is 0.350. The number of hydrogen-bond acceptors (Lipinski definition) is 1. The third-order valence-corrected chi connectivity index (χ3v) is 4.19. The second-order valence-electron chi connectivity index (χ2n) is 6.88. The van der Waals surface area contributed by atoms with E-state index in [4.69, 9.17) is 0 Å². The minimum Gasteiger partial charge on any atom is -0.281 e. The van der Waals surface area contributed by atoms with Crippen LogP contribution in [-0.2, 0) is 0 Å². The molecule has 1 aliphatic heterocycles. The number of allylic oxidation sites excluding steroid dienone is 5. The van der Waals surface area contributed by atoms with Crippen LogP contribution in [0.3, 0.4) is 0 Å². The molecule has 0 fully saturated rings. The number of aliphatic imine (C=N–C) groups is 1. The van der Waals surface area contributed by atoms with E-state index in [9.17, 15) is 0 Å². The molecule has 3 rings (SSSR count). The summed E-state index contributed by atoms with van der Waals surface area (Å²) in [5.74, 6) is 0. The van der Waals surface area contributed by atoms with Gasteiger partial charge in [-0.3, -0.25) is 4.99 Å². The number of hydrogen-bond donors (Lipinski definition) is 0. The molecule has 1 aliphatic carbocycles. The van der Waals surface area contributed by atoms with Crippen molar-refractivity contribution < 1.29 is 0 Å². The van der Waals surface area contributed by atoms with E-state index in [1.165, 1.54) is 22.3 Å². The number of rotatable bonds is 2. The highest BCUT2D eigenvalue weighted by Gasteiger charge is 2.22. The predicted octanol–water partition coefficient (Wildman–Crippen LogP) is 5.52. The Kier molecular flexibility index (Phi) is 3.67. The molecule has 1 unspecified atom stereocenters. The van der Waals surface area contributed by atoms with Gasteiger partial charge < -0.3 is 0 Å². The topological polar surface area (TPSA) is 12.4 Å². The molecule has 0 saturated carbocycles. The Morgan fingerprint density at radius 2 is 2.05 bits per heavy atom. The fourth-order valence-electron chi connectivity index (χ4n) is 2.81. The van der Waals surface area contributed by atoms with Crippen LogP contribution in [0.4, 0.5) is 0 Å². The Labute approximate surface area is 127 Å². The lowest BCUT2D eigenvalue weighted by Crippen LogP contribution is -2.08. The van der Waals surface area contributed by atoms with Crippen molar-refractivity contribution in [3.05, 3.63) is 65.3 Å². The fourth-order valence-corrected chi connectivity index (χ4v) is 2.81. The minimum absolute atomic E-state index is 0.173. The maximum Gasteiger partial charge on any atom is 0.0937 e. The van der Waals surface area contributed by atoms with Crippen LogP contribution >= 0.6 is 0 Å². The molecule has 1 heteroatoms. The van der Waals surface area contributed by atoms with Crippen molar-refractivity contribution in [3.63, 3.8) is 0 Å². The second-order valence-corrected chi connectivity index (χ2v) is 6.88.